The van der Waals surface area contributed by atoms with Crippen LogP contribution in [0.2, 0.25) is 0 Å². The van der Waals surface area contributed by atoms with E-state index in [2.05, 4.69) is 48.5 Å². The van der Waals surface area contributed by atoms with E-state index < -0.39 is 0 Å². The third-order valence-electron chi connectivity index (χ3n) is 6.11. The zero-order valence-electron chi connectivity index (χ0n) is 17.7. The lowest BCUT2D eigenvalue weighted by molar-refractivity contribution is 0.248. The highest BCUT2D eigenvalue weighted by atomic mass is 14.2. The minimum atomic E-state index is 0.869. The lowest BCUT2D eigenvalue weighted by Crippen LogP contribution is -2.15. The fourth-order valence-corrected chi connectivity index (χ4v) is 4.31. The smallest absolute Gasteiger partial charge is 0.0391 e. The Kier molecular flexibility index (Phi) is 14.4. The van der Waals surface area contributed by atoms with Gasteiger partial charge in [0.15, 0.2) is 0 Å². The van der Waals surface area contributed by atoms with Crippen molar-refractivity contribution >= 4 is 0 Å². The van der Waals surface area contributed by atoms with Crippen LogP contribution in [-0.4, -0.2) is 0 Å². The van der Waals surface area contributed by atoms with E-state index in [1.807, 2.05) is 0 Å². The van der Waals surface area contributed by atoms with Crippen molar-refractivity contribution < 1.29 is 0 Å². The zero-order chi connectivity index (χ0) is 17.7. The fourth-order valence-electron chi connectivity index (χ4n) is 4.31. The second kappa shape index (κ2) is 14.4. The molecule has 4 unspecified atom stereocenters. The van der Waals surface area contributed by atoms with Gasteiger partial charge in [-0.3, -0.25) is 0 Å². The Hall–Kier alpha value is 0. The van der Waals surface area contributed by atoms with Gasteiger partial charge >= 0.3 is 0 Å². The summed E-state index contributed by atoms with van der Waals surface area (Å²) in [6.07, 6.45) is 15.7. The van der Waals surface area contributed by atoms with Crippen molar-refractivity contribution in [3.8, 4) is 0 Å². The molecule has 0 aliphatic rings. The van der Waals surface area contributed by atoms with E-state index in [-0.39, 0.29) is 0 Å². The minimum Gasteiger partial charge on any atom is -0.0654 e. The summed E-state index contributed by atoms with van der Waals surface area (Å²) in [5, 5.41) is 0. The molecule has 0 aliphatic heterocycles. The van der Waals surface area contributed by atoms with Gasteiger partial charge in [-0.1, -0.05) is 113 Å². The van der Waals surface area contributed by atoms with E-state index in [0.717, 1.165) is 29.6 Å². The summed E-state index contributed by atoms with van der Waals surface area (Å²) in [7, 11) is 0. The van der Waals surface area contributed by atoms with Gasteiger partial charge < -0.3 is 0 Å². The molecule has 0 aromatic rings. The molecule has 0 saturated heterocycles. The van der Waals surface area contributed by atoms with Crippen LogP contribution in [0.3, 0.4) is 0 Å². The number of hydrogen-bond donors (Lipinski definition) is 0. The van der Waals surface area contributed by atoms with Gasteiger partial charge in [-0.25, -0.2) is 0 Å². The highest BCUT2D eigenvalue weighted by Crippen LogP contribution is 2.32. The molecule has 0 bridgehead atoms. The van der Waals surface area contributed by atoms with Crippen LogP contribution in [-0.2, 0) is 0 Å². The van der Waals surface area contributed by atoms with Gasteiger partial charge in [0.25, 0.3) is 0 Å². The molecule has 23 heavy (non-hydrogen) atoms. The van der Waals surface area contributed by atoms with Crippen molar-refractivity contribution in [3.63, 3.8) is 0 Å². The van der Waals surface area contributed by atoms with Crippen molar-refractivity contribution in [1.29, 1.82) is 0 Å². The lowest BCUT2D eigenvalue weighted by Gasteiger charge is -2.27. The van der Waals surface area contributed by atoms with Crippen LogP contribution < -0.4 is 0 Å². The van der Waals surface area contributed by atoms with Crippen LogP contribution >= 0.6 is 0 Å². The molecule has 0 aromatic carbocycles. The van der Waals surface area contributed by atoms with Gasteiger partial charge in [-0.2, -0.15) is 0 Å². The minimum absolute atomic E-state index is 0.869. The second-order valence-corrected chi connectivity index (χ2v) is 8.65. The maximum Gasteiger partial charge on any atom is -0.0391 e. The van der Waals surface area contributed by atoms with Gasteiger partial charge in [-0.05, 0) is 36.0 Å². The van der Waals surface area contributed by atoms with Gasteiger partial charge in [0.1, 0.15) is 0 Å². The molecule has 4 atom stereocenters. The molecular formula is C23H48. The van der Waals surface area contributed by atoms with Gasteiger partial charge in [0.05, 0.1) is 0 Å². The Morgan fingerprint density at radius 2 is 1.17 bits per heavy atom. The number of rotatable bonds is 15. The van der Waals surface area contributed by atoms with E-state index >= 15 is 0 Å². The highest BCUT2D eigenvalue weighted by Gasteiger charge is 2.19. The van der Waals surface area contributed by atoms with Crippen molar-refractivity contribution in [3.05, 3.63) is 0 Å². The number of hydrogen-bond acceptors (Lipinski definition) is 0. The molecule has 0 aromatic heterocycles. The molecule has 140 valence electrons. The van der Waals surface area contributed by atoms with Crippen molar-refractivity contribution in [2.45, 2.75) is 119 Å². The van der Waals surface area contributed by atoms with Crippen molar-refractivity contribution in [1.82, 2.24) is 0 Å². The average molecular weight is 325 g/mol. The van der Waals surface area contributed by atoms with Gasteiger partial charge in [-0.15, -0.1) is 0 Å². The first kappa shape index (κ1) is 23.0. The van der Waals surface area contributed by atoms with Crippen LogP contribution in [0.1, 0.15) is 119 Å². The molecule has 0 nitrogen and oxygen atoms in total. The predicted octanol–water partition coefficient (Wildman–Crippen LogP) is 8.50. The Labute approximate surface area is 149 Å². The first-order chi connectivity index (χ1) is 11.0. The lowest BCUT2D eigenvalue weighted by atomic mass is 9.79. The molecule has 0 saturated carbocycles. The topological polar surface area (TPSA) is 0 Å². The Morgan fingerprint density at radius 1 is 0.565 bits per heavy atom. The van der Waals surface area contributed by atoms with Gasteiger partial charge in [0.2, 0.25) is 0 Å². The summed E-state index contributed by atoms with van der Waals surface area (Å²) in [6, 6.07) is 0. The van der Waals surface area contributed by atoms with Crippen LogP contribution in [0.25, 0.3) is 0 Å². The van der Waals surface area contributed by atoms with Crippen LogP contribution in [0.4, 0.5) is 0 Å². The SMILES string of the molecule is CCCC(CCC(C)C(CC)CCC)CC(CC)CCC(C)C. The summed E-state index contributed by atoms with van der Waals surface area (Å²) in [5.74, 6) is 4.72. The van der Waals surface area contributed by atoms with Crippen LogP contribution in [0, 0.1) is 29.6 Å². The van der Waals surface area contributed by atoms with E-state index in [1.54, 1.807) is 0 Å². The van der Waals surface area contributed by atoms with E-state index in [0.29, 0.717) is 0 Å². The largest absolute Gasteiger partial charge is 0.0654 e. The molecule has 0 spiro atoms. The van der Waals surface area contributed by atoms with Crippen molar-refractivity contribution in [2.24, 2.45) is 29.6 Å². The molecule has 0 amide bonds. The average Bonchev–Trinajstić information content (AvgIpc) is 2.53. The fraction of sp³-hybridized carbons (Fsp3) is 1.00. The normalized spacial score (nSPS) is 17.2. The highest BCUT2D eigenvalue weighted by molar-refractivity contribution is 4.71. The Morgan fingerprint density at radius 3 is 1.65 bits per heavy atom. The molecule has 0 rings (SSSR count). The molecule has 0 aliphatic carbocycles. The molecule has 0 N–H and O–H groups in total. The van der Waals surface area contributed by atoms with Crippen LogP contribution in [0.5, 0.6) is 0 Å². The first-order valence-electron chi connectivity index (χ1n) is 11.0. The molecule has 0 heterocycles. The monoisotopic (exact) mass is 324 g/mol. The summed E-state index contributed by atoms with van der Waals surface area (Å²) >= 11 is 0. The molecule has 0 heteroatoms. The second-order valence-electron chi connectivity index (χ2n) is 8.65. The van der Waals surface area contributed by atoms with Crippen LogP contribution in [0.15, 0.2) is 0 Å². The summed E-state index contributed by atoms with van der Waals surface area (Å²) in [6.45, 7) is 16.8. The molecule has 0 fully saturated rings. The maximum atomic E-state index is 2.52. The van der Waals surface area contributed by atoms with Crippen molar-refractivity contribution in [2.75, 3.05) is 0 Å². The standard InChI is InChI=1S/C23H48/c1-8-12-22(18-21(10-3)16-14-19(5)6)17-15-20(7)23(11-4)13-9-2/h19-23H,8-18H2,1-7H3. The Balaban J connectivity index is 4.37. The third kappa shape index (κ3) is 11.2. The molecular weight excluding hydrogens is 276 g/mol. The third-order valence-corrected chi connectivity index (χ3v) is 6.11. The first-order valence-corrected chi connectivity index (χ1v) is 11.0. The maximum absolute atomic E-state index is 2.52. The molecule has 0 radical (unpaired) electrons. The summed E-state index contributed by atoms with van der Waals surface area (Å²) < 4.78 is 0. The zero-order valence-corrected chi connectivity index (χ0v) is 17.7. The van der Waals surface area contributed by atoms with E-state index in [1.165, 1.54) is 70.6 Å². The van der Waals surface area contributed by atoms with E-state index in [9.17, 15) is 0 Å². The Bertz CT molecular complexity index is 242. The predicted molar refractivity (Wildman–Crippen MR) is 108 cm³/mol. The van der Waals surface area contributed by atoms with E-state index in [4.69, 9.17) is 0 Å². The van der Waals surface area contributed by atoms with Gasteiger partial charge in [0, 0.05) is 0 Å². The quantitative estimate of drug-likeness (QED) is 0.283. The summed E-state index contributed by atoms with van der Waals surface area (Å²) in [5.41, 5.74) is 0. The summed E-state index contributed by atoms with van der Waals surface area (Å²) in [4.78, 5) is 0.